The summed E-state index contributed by atoms with van der Waals surface area (Å²) in [5.41, 5.74) is 0. The van der Waals surface area contributed by atoms with Crippen molar-refractivity contribution in [3.05, 3.63) is 0 Å². The van der Waals surface area contributed by atoms with E-state index in [0.717, 1.165) is 0 Å². The molecular formula is C12H23N3O3. The predicted molar refractivity (Wildman–Crippen MR) is 68.0 cm³/mol. The molecule has 1 N–H and O–H groups in total. The summed E-state index contributed by atoms with van der Waals surface area (Å²) in [4.78, 5) is 28.5. The first-order chi connectivity index (χ1) is 8.40. The lowest BCUT2D eigenvalue weighted by molar-refractivity contribution is -0.139. The molecule has 1 atom stereocenters. The van der Waals surface area contributed by atoms with E-state index in [-0.39, 0.29) is 11.8 Å². The van der Waals surface area contributed by atoms with Gasteiger partial charge in [-0.15, -0.1) is 0 Å². The van der Waals surface area contributed by atoms with Crippen LogP contribution in [-0.2, 0) is 9.59 Å². The number of hydrogen-bond donors (Lipinski definition) is 1. The summed E-state index contributed by atoms with van der Waals surface area (Å²) in [6.07, 6.45) is -0.433. The Morgan fingerprint density at radius 1 is 1.22 bits per heavy atom. The largest absolute Gasteiger partial charge is 0.392 e. The Hall–Kier alpha value is -1.14. The van der Waals surface area contributed by atoms with Crippen LogP contribution in [0.15, 0.2) is 0 Å². The van der Waals surface area contributed by atoms with Crippen LogP contribution in [0.3, 0.4) is 0 Å². The Morgan fingerprint density at radius 3 is 2.17 bits per heavy atom. The molecule has 1 aliphatic rings. The maximum absolute atomic E-state index is 12.0. The summed E-state index contributed by atoms with van der Waals surface area (Å²) in [5, 5.41) is 9.23. The molecule has 0 bridgehead atoms. The quantitative estimate of drug-likeness (QED) is 0.701. The van der Waals surface area contributed by atoms with E-state index in [4.69, 9.17) is 0 Å². The van der Waals surface area contributed by atoms with Gasteiger partial charge in [0, 0.05) is 39.6 Å². The molecule has 0 radical (unpaired) electrons. The van der Waals surface area contributed by atoms with Crippen LogP contribution >= 0.6 is 0 Å². The third-order valence-corrected chi connectivity index (χ3v) is 3.06. The SMILES string of the molecule is CC(=O)N1CCN(C(=O)CN(C)CC(C)O)CC1. The number of rotatable bonds is 4. The standard InChI is InChI=1S/C12H23N3O3/c1-10(16)8-13(3)9-12(18)15-6-4-14(5-7-15)11(2)17/h10,16H,4-9H2,1-3H3. The Labute approximate surface area is 108 Å². The van der Waals surface area contributed by atoms with Crippen LogP contribution in [0.4, 0.5) is 0 Å². The zero-order chi connectivity index (χ0) is 13.7. The van der Waals surface area contributed by atoms with Crippen LogP contribution in [0.5, 0.6) is 0 Å². The lowest BCUT2D eigenvalue weighted by atomic mass is 10.3. The molecule has 2 amide bonds. The number of carbonyl (C=O) groups is 2. The van der Waals surface area contributed by atoms with Crippen molar-refractivity contribution in [2.24, 2.45) is 0 Å². The van der Waals surface area contributed by atoms with Crippen LogP contribution in [0.2, 0.25) is 0 Å². The Balaban J connectivity index is 2.34. The van der Waals surface area contributed by atoms with E-state index >= 15 is 0 Å². The van der Waals surface area contributed by atoms with Gasteiger partial charge in [-0.05, 0) is 14.0 Å². The molecular weight excluding hydrogens is 234 g/mol. The smallest absolute Gasteiger partial charge is 0.236 e. The van der Waals surface area contributed by atoms with E-state index in [2.05, 4.69) is 0 Å². The van der Waals surface area contributed by atoms with Crippen molar-refractivity contribution >= 4 is 11.8 Å². The molecule has 0 aliphatic carbocycles. The van der Waals surface area contributed by atoms with Gasteiger partial charge < -0.3 is 14.9 Å². The molecule has 1 saturated heterocycles. The maximum atomic E-state index is 12.0. The molecule has 6 heteroatoms. The van der Waals surface area contributed by atoms with E-state index in [0.29, 0.717) is 39.3 Å². The molecule has 1 aliphatic heterocycles. The van der Waals surface area contributed by atoms with Crippen molar-refractivity contribution in [1.29, 1.82) is 0 Å². The van der Waals surface area contributed by atoms with Crippen molar-refractivity contribution in [3.8, 4) is 0 Å². The number of likely N-dealkylation sites (N-methyl/N-ethyl adjacent to an activating group) is 1. The van der Waals surface area contributed by atoms with Crippen molar-refractivity contribution in [3.63, 3.8) is 0 Å². The fraction of sp³-hybridized carbons (Fsp3) is 0.833. The lowest BCUT2D eigenvalue weighted by Crippen LogP contribution is -2.52. The minimum absolute atomic E-state index is 0.0568. The first-order valence-corrected chi connectivity index (χ1v) is 6.30. The second-order valence-corrected chi connectivity index (χ2v) is 4.93. The summed E-state index contributed by atoms with van der Waals surface area (Å²) in [7, 11) is 1.82. The van der Waals surface area contributed by atoms with Crippen molar-refractivity contribution in [1.82, 2.24) is 14.7 Å². The predicted octanol–water partition coefficient (Wildman–Crippen LogP) is -1.01. The number of amides is 2. The Bertz CT molecular complexity index is 299. The summed E-state index contributed by atoms with van der Waals surface area (Å²) in [6, 6.07) is 0. The summed E-state index contributed by atoms with van der Waals surface area (Å²) in [5.74, 6) is 0.120. The van der Waals surface area contributed by atoms with Gasteiger partial charge in [0.1, 0.15) is 0 Å². The summed E-state index contributed by atoms with van der Waals surface area (Å²) < 4.78 is 0. The van der Waals surface area contributed by atoms with E-state index in [1.807, 2.05) is 11.9 Å². The monoisotopic (exact) mass is 257 g/mol. The molecule has 1 heterocycles. The molecule has 1 rings (SSSR count). The summed E-state index contributed by atoms with van der Waals surface area (Å²) >= 11 is 0. The van der Waals surface area contributed by atoms with Crippen LogP contribution in [0, 0.1) is 0 Å². The zero-order valence-electron chi connectivity index (χ0n) is 11.4. The van der Waals surface area contributed by atoms with E-state index in [1.54, 1.807) is 23.6 Å². The average Bonchev–Trinajstić information content (AvgIpc) is 2.27. The minimum Gasteiger partial charge on any atom is -0.392 e. The molecule has 104 valence electrons. The average molecular weight is 257 g/mol. The molecule has 6 nitrogen and oxygen atoms in total. The number of nitrogens with zero attached hydrogens (tertiary/aromatic N) is 3. The molecule has 0 spiro atoms. The Morgan fingerprint density at radius 2 is 1.72 bits per heavy atom. The van der Waals surface area contributed by atoms with Crippen LogP contribution in [0.1, 0.15) is 13.8 Å². The highest BCUT2D eigenvalue weighted by atomic mass is 16.3. The molecule has 18 heavy (non-hydrogen) atoms. The molecule has 0 aromatic rings. The van der Waals surface area contributed by atoms with Gasteiger partial charge in [-0.25, -0.2) is 0 Å². The van der Waals surface area contributed by atoms with E-state index < -0.39 is 6.10 Å². The highest BCUT2D eigenvalue weighted by Gasteiger charge is 2.22. The number of carbonyl (C=O) groups excluding carboxylic acids is 2. The first-order valence-electron chi connectivity index (χ1n) is 6.30. The third kappa shape index (κ3) is 4.62. The van der Waals surface area contributed by atoms with Crippen LogP contribution in [0.25, 0.3) is 0 Å². The van der Waals surface area contributed by atoms with E-state index in [1.165, 1.54) is 0 Å². The normalized spacial score (nSPS) is 18.1. The molecule has 1 unspecified atom stereocenters. The maximum Gasteiger partial charge on any atom is 0.236 e. The fourth-order valence-corrected chi connectivity index (χ4v) is 2.12. The van der Waals surface area contributed by atoms with Gasteiger partial charge in [0.2, 0.25) is 11.8 Å². The topological polar surface area (TPSA) is 64.1 Å². The van der Waals surface area contributed by atoms with Crippen molar-refractivity contribution in [2.75, 3.05) is 46.3 Å². The number of hydrogen-bond acceptors (Lipinski definition) is 4. The van der Waals surface area contributed by atoms with Gasteiger partial charge in [-0.2, -0.15) is 0 Å². The highest BCUT2D eigenvalue weighted by Crippen LogP contribution is 2.03. The van der Waals surface area contributed by atoms with Crippen molar-refractivity contribution < 1.29 is 14.7 Å². The van der Waals surface area contributed by atoms with Gasteiger partial charge in [0.05, 0.1) is 12.6 Å². The van der Waals surface area contributed by atoms with Gasteiger partial charge in [-0.1, -0.05) is 0 Å². The Kier molecular flexibility index (Phi) is 5.55. The number of piperazine rings is 1. The van der Waals surface area contributed by atoms with Crippen LogP contribution < -0.4 is 0 Å². The van der Waals surface area contributed by atoms with Crippen molar-refractivity contribution in [2.45, 2.75) is 20.0 Å². The lowest BCUT2D eigenvalue weighted by Gasteiger charge is -2.35. The van der Waals surface area contributed by atoms with Gasteiger partial charge in [0.25, 0.3) is 0 Å². The second kappa shape index (κ2) is 6.70. The van der Waals surface area contributed by atoms with Crippen LogP contribution in [-0.4, -0.2) is 84.0 Å². The van der Waals surface area contributed by atoms with Gasteiger partial charge >= 0.3 is 0 Å². The fourth-order valence-electron chi connectivity index (χ4n) is 2.12. The molecule has 0 aromatic heterocycles. The number of aliphatic hydroxyl groups is 1. The zero-order valence-corrected chi connectivity index (χ0v) is 11.4. The van der Waals surface area contributed by atoms with Gasteiger partial charge in [-0.3, -0.25) is 14.5 Å². The summed E-state index contributed by atoms with van der Waals surface area (Å²) in [6.45, 7) is 6.47. The first kappa shape index (κ1) is 14.9. The third-order valence-electron chi connectivity index (χ3n) is 3.06. The minimum atomic E-state index is -0.433. The second-order valence-electron chi connectivity index (χ2n) is 4.93. The molecule has 1 fully saturated rings. The van der Waals surface area contributed by atoms with Gasteiger partial charge in [0.15, 0.2) is 0 Å². The van der Waals surface area contributed by atoms with E-state index in [9.17, 15) is 14.7 Å². The number of aliphatic hydroxyl groups excluding tert-OH is 1. The highest BCUT2D eigenvalue weighted by molar-refractivity contribution is 5.79. The molecule has 0 saturated carbocycles. The molecule has 0 aromatic carbocycles.